The molecule has 2 amide bonds. The van der Waals surface area contributed by atoms with Crippen LogP contribution in [0.2, 0.25) is 0 Å². The predicted molar refractivity (Wildman–Crippen MR) is 99.9 cm³/mol. The van der Waals surface area contributed by atoms with E-state index in [-0.39, 0.29) is 34.7 Å². The Kier molecular flexibility index (Phi) is 5.27. The van der Waals surface area contributed by atoms with Gasteiger partial charge in [0.1, 0.15) is 5.82 Å². The summed E-state index contributed by atoms with van der Waals surface area (Å²) < 4.78 is 36.8. The van der Waals surface area contributed by atoms with Crippen molar-refractivity contribution >= 4 is 27.3 Å². The number of sulfone groups is 1. The number of rotatable bonds is 4. The molecule has 142 valence electrons. The number of para-hydroxylation sites is 1. The molecule has 1 aliphatic rings. The number of amides is 2. The fourth-order valence-corrected chi connectivity index (χ4v) is 4.75. The summed E-state index contributed by atoms with van der Waals surface area (Å²) in [7, 11) is -1.51. The van der Waals surface area contributed by atoms with Crippen LogP contribution in [0, 0.1) is 5.82 Å². The molecular formula is C19H19FN2O4S. The van der Waals surface area contributed by atoms with Crippen molar-refractivity contribution in [1.29, 1.82) is 0 Å². The molecule has 0 saturated carbocycles. The Hall–Kier alpha value is -2.74. The zero-order valence-corrected chi connectivity index (χ0v) is 15.5. The van der Waals surface area contributed by atoms with Gasteiger partial charge in [0, 0.05) is 24.2 Å². The molecule has 8 heteroatoms. The summed E-state index contributed by atoms with van der Waals surface area (Å²) >= 11 is 0. The monoisotopic (exact) mass is 390 g/mol. The maximum absolute atomic E-state index is 13.6. The minimum Gasteiger partial charge on any atom is -0.338 e. The molecule has 0 radical (unpaired) electrons. The molecule has 1 fully saturated rings. The first-order valence-electron chi connectivity index (χ1n) is 8.40. The van der Waals surface area contributed by atoms with E-state index in [0.29, 0.717) is 12.0 Å². The van der Waals surface area contributed by atoms with E-state index >= 15 is 0 Å². The summed E-state index contributed by atoms with van der Waals surface area (Å²) in [5.74, 6) is -1.28. The molecule has 1 unspecified atom stereocenters. The predicted octanol–water partition coefficient (Wildman–Crippen LogP) is 2.34. The van der Waals surface area contributed by atoms with Crippen LogP contribution in [0.3, 0.4) is 0 Å². The SMILES string of the molecule is CN(C(=O)c1ccc(C(=O)Nc2ccccc2F)cc1)C1CCS(=O)(=O)C1. The molecule has 2 aromatic carbocycles. The van der Waals surface area contributed by atoms with E-state index in [1.165, 1.54) is 47.4 Å². The van der Waals surface area contributed by atoms with Crippen molar-refractivity contribution in [3.05, 3.63) is 65.5 Å². The molecule has 3 rings (SSSR count). The van der Waals surface area contributed by atoms with Crippen molar-refractivity contribution in [3.8, 4) is 0 Å². The Morgan fingerprint density at radius 1 is 1.07 bits per heavy atom. The second kappa shape index (κ2) is 7.48. The summed E-state index contributed by atoms with van der Waals surface area (Å²) in [5.41, 5.74) is 0.704. The fourth-order valence-electron chi connectivity index (χ4n) is 2.97. The molecule has 6 nitrogen and oxygen atoms in total. The average Bonchev–Trinajstić information content (AvgIpc) is 3.02. The second-order valence-electron chi connectivity index (χ2n) is 6.48. The van der Waals surface area contributed by atoms with Gasteiger partial charge >= 0.3 is 0 Å². The van der Waals surface area contributed by atoms with E-state index in [1.54, 1.807) is 13.1 Å². The zero-order chi connectivity index (χ0) is 19.6. The van der Waals surface area contributed by atoms with Gasteiger partial charge in [-0.3, -0.25) is 9.59 Å². The minimum atomic E-state index is -3.08. The molecule has 0 aromatic heterocycles. The number of nitrogens with zero attached hydrogens (tertiary/aromatic N) is 1. The van der Waals surface area contributed by atoms with E-state index in [4.69, 9.17) is 0 Å². The van der Waals surface area contributed by atoms with Crippen molar-refractivity contribution < 1.29 is 22.4 Å². The van der Waals surface area contributed by atoms with Gasteiger partial charge in [0.15, 0.2) is 9.84 Å². The highest BCUT2D eigenvalue weighted by Crippen LogP contribution is 2.19. The van der Waals surface area contributed by atoms with Crippen molar-refractivity contribution in [1.82, 2.24) is 4.90 Å². The van der Waals surface area contributed by atoms with Gasteiger partial charge in [-0.05, 0) is 42.8 Å². The number of benzene rings is 2. The Bertz CT molecular complexity index is 973. The van der Waals surface area contributed by atoms with Gasteiger partial charge in [0.05, 0.1) is 17.2 Å². The first kappa shape index (κ1) is 19.0. The molecule has 1 saturated heterocycles. The Balaban J connectivity index is 1.68. The third kappa shape index (κ3) is 4.33. The van der Waals surface area contributed by atoms with Gasteiger partial charge in [0.2, 0.25) is 0 Å². The lowest BCUT2D eigenvalue weighted by Crippen LogP contribution is -2.37. The Morgan fingerprint density at radius 3 is 2.30 bits per heavy atom. The molecule has 2 aromatic rings. The quantitative estimate of drug-likeness (QED) is 0.869. The van der Waals surface area contributed by atoms with Gasteiger partial charge in [-0.15, -0.1) is 0 Å². The van der Waals surface area contributed by atoms with Crippen molar-refractivity contribution in [3.63, 3.8) is 0 Å². The summed E-state index contributed by atoms with van der Waals surface area (Å²) in [6, 6.07) is 11.4. The summed E-state index contributed by atoms with van der Waals surface area (Å²) in [6.07, 6.45) is 0.424. The number of carbonyl (C=O) groups is 2. The highest BCUT2D eigenvalue weighted by molar-refractivity contribution is 7.91. The second-order valence-corrected chi connectivity index (χ2v) is 8.71. The van der Waals surface area contributed by atoms with Gasteiger partial charge in [-0.25, -0.2) is 12.8 Å². The van der Waals surface area contributed by atoms with Crippen LogP contribution in [0.5, 0.6) is 0 Å². The van der Waals surface area contributed by atoms with Crippen LogP contribution < -0.4 is 5.32 Å². The molecule has 0 aliphatic carbocycles. The topological polar surface area (TPSA) is 83.6 Å². The number of carbonyl (C=O) groups excluding carboxylic acids is 2. The third-order valence-electron chi connectivity index (χ3n) is 4.59. The molecule has 1 atom stereocenters. The van der Waals surface area contributed by atoms with Crippen molar-refractivity contribution in [2.45, 2.75) is 12.5 Å². The van der Waals surface area contributed by atoms with Crippen LogP contribution in [0.15, 0.2) is 48.5 Å². The molecule has 27 heavy (non-hydrogen) atoms. The van der Waals surface area contributed by atoms with E-state index in [1.807, 2.05) is 0 Å². The fraction of sp³-hybridized carbons (Fsp3) is 0.263. The highest BCUT2D eigenvalue weighted by Gasteiger charge is 2.33. The summed E-state index contributed by atoms with van der Waals surface area (Å²) in [5, 5.41) is 2.48. The minimum absolute atomic E-state index is 0.0294. The maximum Gasteiger partial charge on any atom is 0.255 e. The molecule has 1 heterocycles. The highest BCUT2D eigenvalue weighted by atomic mass is 32.2. The van der Waals surface area contributed by atoms with Gasteiger partial charge in [0.25, 0.3) is 11.8 Å². The maximum atomic E-state index is 13.6. The van der Waals surface area contributed by atoms with Crippen LogP contribution in [-0.2, 0) is 9.84 Å². The van der Waals surface area contributed by atoms with Crippen LogP contribution in [0.1, 0.15) is 27.1 Å². The Labute approximate surface area is 156 Å². The summed E-state index contributed by atoms with van der Waals surface area (Å²) in [4.78, 5) is 26.2. The van der Waals surface area contributed by atoms with Crippen LogP contribution >= 0.6 is 0 Å². The number of halogens is 1. The lowest BCUT2D eigenvalue weighted by molar-refractivity contribution is 0.0747. The zero-order valence-electron chi connectivity index (χ0n) is 14.7. The summed E-state index contributed by atoms with van der Waals surface area (Å²) in [6.45, 7) is 0. The molecule has 1 N–H and O–H groups in total. The third-order valence-corrected chi connectivity index (χ3v) is 6.34. The van der Waals surface area contributed by atoms with Crippen LogP contribution in [0.25, 0.3) is 0 Å². The number of hydrogen-bond donors (Lipinski definition) is 1. The smallest absolute Gasteiger partial charge is 0.255 e. The van der Waals surface area contributed by atoms with E-state index in [2.05, 4.69) is 5.32 Å². The largest absolute Gasteiger partial charge is 0.338 e. The first-order valence-corrected chi connectivity index (χ1v) is 10.2. The van der Waals surface area contributed by atoms with Crippen LogP contribution in [0.4, 0.5) is 10.1 Å². The van der Waals surface area contributed by atoms with Gasteiger partial charge < -0.3 is 10.2 Å². The van der Waals surface area contributed by atoms with Gasteiger partial charge in [-0.2, -0.15) is 0 Å². The van der Waals surface area contributed by atoms with Gasteiger partial charge in [-0.1, -0.05) is 12.1 Å². The molecule has 0 spiro atoms. The normalized spacial score (nSPS) is 18.1. The number of anilines is 1. The number of nitrogens with one attached hydrogen (secondary N) is 1. The van der Waals surface area contributed by atoms with E-state index in [9.17, 15) is 22.4 Å². The van der Waals surface area contributed by atoms with Crippen molar-refractivity contribution in [2.75, 3.05) is 23.9 Å². The first-order chi connectivity index (χ1) is 12.8. The van der Waals surface area contributed by atoms with Crippen molar-refractivity contribution in [2.24, 2.45) is 0 Å². The lowest BCUT2D eigenvalue weighted by atomic mass is 10.1. The molecule has 0 bridgehead atoms. The van der Waals surface area contributed by atoms with E-state index in [0.717, 1.165) is 0 Å². The van der Waals surface area contributed by atoms with E-state index < -0.39 is 21.6 Å². The number of hydrogen-bond acceptors (Lipinski definition) is 4. The molecule has 1 aliphatic heterocycles. The van der Waals surface area contributed by atoms with Crippen LogP contribution in [-0.4, -0.2) is 49.7 Å². The average molecular weight is 390 g/mol. The lowest BCUT2D eigenvalue weighted by Gasteiger charge is -2.23. The standard InChI is InChI=1S/C19H19FN2O4S/c1-22(15-10-11-27(25,26)12-15)19(24)14-8-6-13(7-9-14)18(23)21-17-5-3-2-4-16(17)20/h2-9,15H,10-12H2,1H3,(H,21,23). The Morgan fingerprint density at radius 2 is 1.70 bits per heavy atom. The molecular weight excluding hydrogens is 371 g/mol.